The number of ether oxygens (including phenoxy) is 1. The molecule has 0 spiro atoms. The minimum absolute atomic E-state index is 0.0779. The van der Waals surface area contributed by atoms with Crippen LogP contribution in [0.15, 0.2) is 36.5 Å². The first-order valence-corrected chi connectivity index (χ1v) is 8.25. The van der Waals surface area contributed by atoms with Gasteiger partial charge in [0.1, 0.15) is 6.04 Å². The Morgan fingerprint density at radius 3 is 2.96 bits per heavy atom. The van der Waals surface area contributed by atoms with Crippen LogP contribution in [0.2, 0.25) is 0 Å². The van der Waals surface area contributed by atoms with Gasteiger partial charge in [0, 0.05) is 25.4 Å². The molecule has 1 aliphatic heterocycles. The van der Waals surface area contributed by atoms with Crippen LogP contribution in [0.3, 0.4) is 0 Å². The Bertz CT molecular complexity index is 771. The Hall–Kier alpha value is -2.67. The second kappa shape index (κ2) is 7.48. The van der Waals surface area contributed by atoms with E-state index < -0.39 is 6.04 Å². The number of rotatable bonds is 5. The van der Waals surface area contributed by atoms with Crippen LogP contribution in [0.25, 0.3) is 0 Å². The molecule has 0 saturated carbocycles. The van der Waals surface area contributed by atoms with Gasteiger partial charge in [0.2, 0.25) is 5.91 Å². The van der Waals surface area contributed by atoms with E-state index in [0.29, 0.717) is 31.8 Å². The predicted octanol–water partition coefficient (Wildman–Crippen LogP) is 1.15. The highest BCUT2D eigenvalue weighted by Crippen LogP contribution is 2.22. The van der Waals surface area contributed by atoms with Crippen LogP contribution in [0.1, 0.15) is 27.7 Å². The van der Waals surface area contributed by atoms with E-state index in [1.807, 2.05) is 31.2 Å². The van der Waals surface area contributed by atoms with E-state index in [-0.39, 0.29) is 11.8 Å². The molecule has 1 atom stereocenters. The topological polar surface area (TPSA) is 76.5 Å². The number of amides is 2. The molecule has 132 valence electrons. The molecule has 2 heterocycles. The largest absolute Gasteiger partial charge is 0.383 e. The highest BCUT2D eigenvalue weighted by Gasteiger charge is 2.33. The third kappa shape index (κ3) is 3.71. The van der Waals surface area contributed by atoms with Crippen LogP contribution in [-0.2, 0) is 16.1 Å². The van der Waals surface area contributed by atoms with E-state index in [4.69, 9.17) is 4.74 Å². The van der Waals surface area contributed by atoms with Gasteiger partial charge in [0.25, 0.3) is 5.91 Å². The van der Waals surface area contributed by atoms with Crippen LogP contribution in [-0.4, -0.2) is 53.3 Å². The van der Waals surface area contributed by atoms with E-state index in [9.17, 15) is 9.59 Å². The molecule has 1 aliphatic rings. The van der Waals surface area contributed by atoms with Gasteiger partial charge in [-0.15, -0.1) is 0 Å². The third-order valence-corrected chi connectivity index (χ3v) is 4.25. The fraction of sp³-hybridized carbons (Fsp3) is 0.389. The number of carbonyl (C=O) groups excluding carboxylic acids is 2. The number of aryl methyl sites for hydroxylation is 1. The Kier molecular flexibility index (Phi) is 5.14. The average molecular weight is 342 g/mol. The maximum absolute atomic E-state index is 12.9. The number of carbonyl (C=O) groups is 2. The van der Waals surface area contributed by atoms with Crippen molar-refractivity contribution in [2.24, 2.45) is 0 Å². The zero-order valence-electron chi connectivity index (χ0n) is 14.4. The lowest BCUT2D eigenvalue weighted by atomic mass is 10.1. The minimum Gasteiger partial charge on any atom is -0.383 e. The molecule has 3 rings (SSSR count). The van der Waals surface area contributed by atoms with Crippen LogP contribution in [0, 0.1) is 6.92 Å². The van der Waals surface area contributed by atoms with Gasteiger partial charge in [-0.25, -0.2) is 0 Å². The lowest BCUT2D eigenvalue weighted by Crippen LogP contribution is -2.47. The van der Waals surface area contributed by atoms with Gasteiger partial charge in [0.05, 0.1) is 25.4 Å². The van der Waals surface area contributed by atoms with Crippen LogP contribution >= 0.6 is 0 Å². The monoisotopic (exact) mass is 342 g/mol. The zero-order chi connectivity index (χ0) is 17.8. The minimum atomic E-state index is -0.538. The SMILES string of the molecule is COCCNC(=O)[C@H]1CN(C(=O)c2cccc(C)c2)Cc2ccnn21. The smallest absolute Gasteiger partial charge is 0.254 e. The summed E-state index contributed by atoms with van der Waals surface area (Å²) >= 11 is 0. The summed E-state index contributed by atoms with van der Waals surface area (Å²) in [6, 6.07) is 8.78. The summed E-state index contributed by atoms with van der Waals surface area (Å²) in [6.45, 7) is 3.55. The predicted molar refractivity (Wildman–Crippen MR) is 92.1 cm³/mol. The summed E-state index contributed by atoms with van der Waals surface area (Å²) in [4.78, 5) is 27.1. The van der Waals surface area contributed by atoms with E-state index >= 15 is 0 Å². The molecule has 0 unspecified atom stereocenters. The van der Waals surface area contributed by atoms with E-state index in [1.165, 1.54) is 0 Å². The molecule has 7 heteroatoms. The number of benzene rings is 1. The van der Waals surface area contributed by atoms with Crippen molar-refractivity contribution >= 4 is 11.8 Å². The number of hydrogen-bond donors (Lipinski definition) is 1. The van der Waals surface area contributed by atoms with Crippen molar-refractivity contribution in [3.63, 3.8) is 0 Å². The molecule has 1 aromatic heterocycles. The molecule has 0 bridgehead atoms. The Morgan fingerprint density at radius 2 is 2.20 bits per heavy atom. The van der Waals surface area contributed by atoms with Crippen LogP contribution < -0.4 is 5.32 Å². The third-order valence-electron chi connectivity index (χ3n) is 4.25. The second-order valence-corrected chi connectivity index (χ2v) is 6.12. The van der Waals surface area contributed by atoms with Gasteiger partial charge < -0.3 is 15.0 Å². The van der Waals surface area contributed by atoms with Gasteiger partial charge >= 0.3 is 0 Å². The summed E-state index contributed by atoms with van der Waals surface area (Å²) in [6.07, 6.45) is 1.66. The number of aromatic nitrogens is 2. The van der Waals surface area contributed by atoms with Gasteiger partial charge in [-0.1, -0.05) is 17.7 Å². The molecule has 7 nitrogen and oxygen atoms in total. The number of nitrogens with one attached hydrogen (secondary N) is 1. The Balaban J connectivity index is 1.79. The van der Waals surface area contributed by atoms with Crippen molar-refractivity contribution in [3.05, 3.63) is 53.3 Å². The summed E-state index contributed by atoms with van der Waals surface area (Å²) in [5.74, 6) is -0.241. The second-order valence-electron chi connectivity index (χ2n) is 6.12. The van der Waals surface area contributed by atoms with Crippen molar-refractivity contribution in [3.8, 4) is 0 Å². The lowest BCUT2D eigenvalue weighted by molar-refractivity contribution is -0.125. The standard InChI is InChI=1S/C18H22N4O3/c1-13-4-3-5-14(10-13)18(24)21-11-15-6-7-20-22(15)16(12-21)17(23)19-8-9-25-2/h3-7,10,16H,8-9,11-12H2,1-2H3,(H,19,23)/t16-/m1/s1. The fourth-order valence-electron chi connectivity index (χ4n) is 3.00. The first-order chi connectivity index (χ1) is 12.1. The van der Waals surface area contributed by atoms with Crippen molar-refractivity contribution in [2.45, 2.75) is 19.5 Å². The quantitative estimate of drug-likeness (QED) is 0.827. The Labute approximate surface area is 146 Å². The molecule has 2 amide bonds. The number of methoxy groups -OCH3 is 1. The highest BCUT2D eigenvalue weighted by molar-refractivity contribution is 5.95. The van der Waals surface area contributed by atoms with Crippen LogP contribution in [0.4, 0.5) is 0 Å². The van der Waals surface area contributed by atoms with Gasteiger partial charge in [-0.05, 0) is 25.1 Å². The molecular formula is C18H22N4O3. The van der Waals surface area contributed by atoms with Crippen molar-refractivity contribution in [1.29, 1.82) is 0 Å². The first kappa shape index (κ1) is 17.2. The van der Waals surface area contributed by atoms with Crippen molar-refractivity contribution in [1.82, 2.24) is 20.0 Å². The van der Waals surface area contributed by atoms with Gasteiger partial charge in [0.15, 0.2) is 0 Å². The number of hydrogen-bond acceptors (Lipinski definition) is 4. The molecule has 1 N–H and O–H groups in total. The molecule has 0 radical (unpaired) electrons. The lowest BCUT2D eigenvalue weighted by Gasteiger charge is -2.33. The molecule has 0 saturated heterocycles. The van der Waals surface area contributed by atoms with Gasteiger partial charge in [-0.2, -0.15) is 5.10 Å². The van der Waals surface area contributed by atoms with Gasteiger partial charge in [-0.3, -0.25) is 14.3 Å². The highest BCUT2D eigenvalue weighted by atomic mass is 16.5. The van der Waals surface area contributed by atoms with E-state index in [0.717, 1.165) is 11.3 Å². The fourth-order valence-corrected chi connectivity index (χ4v) is 3.00. The molecule has 2 aromatic rings. The molecule has 1 aromatic carbocycles. The average Bonchev–Trinajstić information content (AvgIpc) is 3.09. The van der Waals surface area contributed by atoms with Crippen LogP contribution in [0.5, 0.6) is 0 Å². The maximum atomic E-state index is 12.9. The molecule has 0 aliphatic carbocycles. The summed E-state index contributed by atoms with van der Waals surface area (Å²) in [5, 5.41) is 7.08. The normalized spacial score (nSPS) is 16.4. The zero-order valence-corrected chi connectivity index (χ0v) is 14.4. The van der Waals surface area contributed by atoms with Crippen molar-refractivity contribution in [2.75, 3.05) is 26.8 Å². The van der Waals surface area contributed by atoms with E-state index in [1.54, 1.807) is 29.0 Å². The molecule has 25 heavy (non-hydrogen) atoms. The molecule has 0 fully saturated rings. The summed E-state index contributed by atoms with van der Waals surface area (Å²) in [5.41, 5.74) is 2.51. The maximum Gasteiger partial charge on any atom is 0.254 e. The van der Waals surface area contributed by atoms with E-state index in [2.05, 4.69) is 10.4 Å². The first-order valence-electron chi connectivity index (χ1n) is 8.25. The summed E-state index contributed by atoms with van der Waals surface area (Å²) < 4.78 is 6.66. The van der Waals surface area contributed by atoms with Crippen molar-refractivity contribution < 1.29 is 14.3 Å². The Morgan fingerprint density at radius 1 is 1.36 bits per heavy atom. The molecular weight excluding hydrogens is 320 g/mol. The number of nitrogens with zero attached hydrogens (tertiary/aromatic N) is 3. The summed E-state index contributed by atoms with van der Waals surface area (Å²) in [7, 11) is 1.58. The number of fused-ring (bicyclic) bond motifs is 1.